The Morgan fingerprint density at radius 3 is 1.94 bits per heavy atom. The van der Waals surface area contributed by atoms with Crippen molar-refractivity contribution >= 4 is 11.9 Å². The monoisotopic (exact) mass is 255 g/mol. The van der Waals surface area contributed by atoms with Crippen molar-refractivity contribution in [2.75, 3.05) is 0 Å². The molecule has 0 amide bonds. The Balaban J connectivity index is 0. The minimum absolute atomic E-state index is 0. The van der Waals surface area contributed by atoms with Gasteiger partial charge >= 0.3 is 29.6 Å². The maximum Gasteiger partial charge on any atom is 1.00 e. The van der Waals surface area contributed by atoms with Crippen LogP contribution in [-0.2, 0) is 4.79 Å². The molecular formula is C13H12NaO4-. The van der Waals surface area contributed by atoms with E-state index in [1.54, 1.807) is 37.3 Å². The normalized spacial score (nSPS) is 9.39. The summed E-state index contributed by atoms with van der Waals surface area (Å²) < 4.78 is 0. The second-order valence-corrected chi connectivity index (χ2v) is 2.86. The van der Waals surface area contributed by atoms with Gasteiger partial charge in [-0.3, -0.25) is 0 Å². The molecule has 0 radical (unpaired) electrons. The number of benzene rings is 1. The van der Waals surface area contributed by atoms with Crippen molar-refractivity contribution in [2.45, 2.75) is 6.92 Å². The molecule has 0 unspecified atom stereocenters. The van der Waals surface area contributed by atoms with Gasteiger partial charge < -0.3 is 19.8 Å². The molecule has 4 nitrogen and oxygen atoms in total. The summed E-state index contributed by atoms with van der Waals surface area (Å²) in [4.78, 5) is 19.7. The molecule has 0 fully saturated rings. The molecule has 0 atom stereocenters. The average Bonchev–Trinajstić information content (AvgIpc) is 2.31. The molecule has 1 aromatic rings. The summed E-state index contributed by atoms with van der Waals surface area (Å²) in [5.41, 5.74) is 0.220. The number of aliphatic carboxylic acids is 1. The van der Waals surface area contributed by atoms with Gasteiger partial charge in [0.15, 0.2) is 0 Å². The van der Waals surface area contributed by atoms with Gasteiger partial charge in [-0.15, -0.1) is 0 Å². The molecule has 0 aliphatic heterocycles. The fourth-order valence-electron chi connectivity index (χ4n) is 0.819. The smallest absolute Gasteiger partial charge is 0.545 e. The molecule has 0 spiro atoms. The van der Waals surface area contributed by atoms with Crippen molar-refractivity contribution in [1.29, 1.82) is 0 Å². The Morgan fingerprint density at radius 2 is 1.61 bits per heavy atom. The Hall–Kier alpha value is -1.36. The molecule has 0 aliphatic rings. The van der Waals surface area contributed by atoms with Crippen LogP contribution >= 0.6 is 0 Å². The van der Waals surface area contributed by atoms with Crippen LogP contribution in [0.1, 0.15) is 17.3 Å². The molecular weight excluding hydrogens is 243 g/mol. The SMILES string of the molecule is C/C=C/C=C/C(=O)[O-].O=C([O-])c1ccccc1.[Na+]. The van der Waals surface area contributed by atoms with Crippen LogP contribution < -0.4 is 39.8 Å². The molecule has 0 bridgehead atoms. The molecule has 0 saturated carbocycles. The van der Waals surface area contributed by atoms with E-state index in [9.17, 15) is 19.8 Å². The fraction of sp³-hybridized carbons (Fsp3) is 0.0769. The molecule has 1 aromatic carbocycles. The first-order chi connectivity index (χ1) is 8.07. The first-order valence-corrected chi connectivity index (χ1v) is 4.84. The summed E-state index contributed by atoms with van der Waals surface area (Å²) in [5, 5.41) is 19.7. The van der Waals surface area contributed by atoms with Crippen LogP contribution in [0.5, 0.6) is 0 Å². The van der Waals surface area contributed by atoms with Crippen molar-refractivity contribution in [3.8, 4) is 0 Å². The van der Waals surface area contributed by atoms with E-state index in [1.807, 2.05) is 0 Å². The van der Waals surface area contributed by atoms with Crippen LogP contribution in [0, 0.1) is 0 Å². The fourth-order valence-corrected chi connectivity index (χ4v) is 0.819. The van der Waals surface area contributed by atoms with Gasteiger partial charge in [-0.05, 0) is 18.6 Å². The summed E-state index contributed by atoms with van der Waals surface area (Å²) in [5.74, 6) is -2.29. The number of carboxylic acid groups (broad SMARTS) is 2. The first-order valence-electron chi connectivity index (χ1n) is 4.84. The van der Waals surface area contributed by atoms with Gasteiger partial charge in [-0.1, -0.05) is 48.6 Å². The largest absolute Gasteiger partial charge is 1.00 e. The molecule has 18 heavy (non-hydrogen) atoms. The number of rotatable bonds is 3. The standard InChI is InChI=1S/C7H6O2.C6H8O2.Na/c8-7(9)6-4-2-1-3-5-6;1-2-3-4-5-6(7)8;/h1-5H,(H,8,9);2-5H,1H3,(H,7,8);/q;;+1/p-2/b;3-2+,5-4+;. The summed E-state index contributed by atoms with van der Waals surface area (Å²) in [6, 6.07) is 8.06. The Bertz CT molecular complexity index is 410. The average molecular weight is 255 g/mol. The number of carbonyl (C=O) groups excluding carboxylic acids is 2. The molecule has 1 rings (SSSR count). The number of carboxylic acids is 2. The van der Waals surface area contributed by atoms with E-state index >= 15 is 0 Å². The predicted molar refractivity (Wildman–Crippen MR) is 59.7 cm³/mol. The molecule has 0 saturated heterocycles. The van der Waals surface area contributed by atoms with Crippen molar-refractivity contribution < 1.29 is 49.4 Å². The van der Waals surface area contributed by atoms with Crippen LogP contribution in [0.2, 0.25) is 0 Å². The van der Waals surface area contributed by atoms with E-state index in [0.717, 1.165) is 6.08 Å². The minimum atomic E-state index is -1.16. The zero-order valence-electron chi connectivity index (χ0n) is 10.3. The van der Waals surface area contributed by atoms with Crippen molar-refractivity contribution in [3.05, 3.63) is 60.2 Å². The van der Waals surface area contributed by atoms with E-state index in [0.29, 0.717) is 0 Å². The zero-order chi connectivity index (χ0) is 13.1. The van der Waals surface area contributed by atoms with Crippen LogP contribution in [0.4, 0.5) is 0 Å². The molecule has 0 aliphatic carbocycles. The van der Waals surface area contributed by atoms with Crippen molar-refractivity contribution in [3.63, 3.8) is 0 Å². The third kappa shape index (κ3) is 11.1. The van der Waals surface area contributed by atoms with Crippen molar-refractivity contribution in [1.82, 2.24) is 0 Å². The van der Waals surface area contributed by atoms with Gasteiger partial charge in [0.1, 0.15) is 0 Å². The predicted octanol–water partition coefficient (Wildman–Crippen LogP) is -3.08. The second-order valence-electron chi connectivity index (χ2n) is 2.86. The number of carbonyl (C=O) groups is 2. The van der Waals surface area contributed by atoms with Gasteiger partial charge in [0.2, 0.25) is 0 Å². The zero-order valence-corrected chi connectivity index (χ0v) is 12.3. The van der Waals surface area contributed by atoms with Crippen LogP contribution in [0.3, 0.4) is 0 Å². The third-order valence-corrected chi connectivity index (χ3v) is 1.55. The third-order valence-electron chi connectivity index (χ3n) is 1.55. The molecule has 0 heterocycles. The second kappa shape index (κ2) is 12.1. The summed E-state index contributed by atoms with van der Waals surface area (Å²) >= 11 is 0. The minimum Gasteiger partial charge on any atom is -0.545 e. The quantitative estimate of drug-likeness (QED) is 0.326. The number of allylic oxidation sites excluding steroid dienone is 3. The van der Waals surface area contributed by atoms with Gasteiger partial charge in [0.25, 0.3) is 0 Å². The number of hydrogen-bond donors (Lipinski definition) is 0. The van der Waals surface area contributed by atoms with E-state index < -0.39 is 11.9 Å². The van der Waals surface area contributed by atoms with Gasteiger partial charge in [-0.25, -0.2) is 0 Å². The molecule has 90 valence electrons. The Morgan fingerprint density at radius 1 is 1.06 bits per heavy atom. The van der Waals surface area contributed by atoms with E-state index in [-0.39, 0.29) is 35.1 Å². The Kier molecular flexibility index (Phi) is 12.8. The molecule has 0 aromatic heterocycles. The molecule has 0 N–H and O–H groups in total. The van der Waals surface area contributed by atoms with Crippen molar-refractivity contribution in [2.24, 2.45) is 0 Å². The number of hydrogen-bond acceptors (Lipinski definition) is 4. The van der Waals surface area contributed by atoms with Gasteiger partial charge in [-0.2, -0.15) is 0 Å². The molecule has 5 heteroatoms. The maximum absolute atomic E-state index is 10.1. The van der Waals surface area contributed by atoms with Gasteiger partial charge in [0.05, 0.1) is 11.9 Å². The number of aromatic carboxylic acids is 1. The van der Waals surface area contributed by atoms with E-state index in [4.69, 9.17) is 0 Å². The van der Waals surface area contributed by atoms with Crippen LogP contribution in [0.15, 0.2) is 54.6 Å². The van der Waals surface area contributed by atoms with E-state index in [2.05, 4.69) is 0 Å². The van der Waals surface area contributed by atoms with Crippen LogP contribution in [0.25, 0.3) is 0 Å². The van der Waals surface area contributed by atoms with Gasteiger partial charge in [0, 0.05) is 0 Å². The summed E-state index contributed by atoms with van der Waals surface area (Å²) in [6.45, 7) is 1.81. The topological polar surface area (TPSA) is 80.3 Å². The summed E-state index contributed by atoms with van der Waals surface area (Å²) in [7, 11) is 0. The summed E-state index contributed by atoms with van der Waals surface area (Å²) in [6.07, 6.45) is 5.74. The maximum atomic E-state index is 10.1. The Labute approximate surface area is 128 Å². The van der Waals surface area contributed by atoms with Crippen LogP contribution in [-0.4, -0.2) is 11.9 Å². The first kappa shape index (κ1) is 19.0. The van der Waals surface area contributed by atoms with E-state index in [1.165, 1.54) is 18.2 Å².